The van der Waals surface area contributed by atoms with Crippen molar-refractivity contribution in [1.29, 1.82) is 0 Å². The molecule has 25 heavy (non-hydrogen) atoms. The van der Waals surface area contributed by atoms with Gasteiger partial charge in [0, 0.05) is 24.7 Å². The van der Waals surface area contributed by atoms with Crippen LogP contribution in [0.4, 0.5) is 0 Å². The molecule has 0 atom stereocenters. The van der Waals surface area contributed by atoms with Gasteiger partial charge in [-0.05, 0) is 57.0 Å². The van der Waals surface area contributed by atoms with Crippen LogP contribution in [0.3, 0.4) is 0 Å². The highest BCUT2D eigenvalue weighted by atomic mass is 35.5. The molecule has 2 fully saturated rings. The predicted octanol–water partition coefficient (Wildman–Crippen LogP) is 2.65. The fourth-order valence-electron chi connectivity index (χ4n) is 3.73. The lowest BCUT2D eigenvalue weighted by Crippen LogP contribution is -2.43. The molecule has 1 heterocycles. The smallest absolute Gasteiger partial charge is 0.253 e. The van der Waals surface area contributed by atoms with E-state index in [1.807, 2.05) is 11.9 Å². The average Bonchev–Trinajstić information content (AvgIpc) is 3.17. The summed E-state index contributed by atoms with van der Waals surface area (Å²) in [4.78, 5) is 14.8. The molecule has 5 nitrogen and oxygen atoms in total. The molecular formula is C18H27ClN2O3S. The fraction of sp³-hybridized carbons (Fsp3) is 0.611. The van der Waals surface area contributed by atoms with Crippen molar-refractivity contribution in [2.45, 2.75) is 54.7 Å². The summed E-state index contributed by atoms with van der Waals surface area (Å²) in [7, 11) is -1.30. The van der Waals surface area contributed by atoms with Gasteiger partial charge in [-0.25, -0.2) is 8.42 Å². The molecule has 0 bridgehead atoms. The van der Waals surface area contributed by atoms with Gasteiger partial charge in [0.25, 0.3) is 5.91 Å². The summed E-state index contributed by atoms with van der Waals surface area (Å²) in [5.41, 5.74) is 0.572. The van der Waals surface area contributed by atoms with E-state index in [4.69, 9.17) is 0 Å². The molecule has 1 aliphatic carbocycles. The van der Waals surface area contributed by atoms with Crippen molar-refractivity contribution < 1.29 is 13.2 Å². The third-order valence-electron chi connectivity index (χ3n) is 5.36. The molecule has 0 radical (unpaired) electrons. The minimum Gasteiger partial charge on any atom is -0.339 e. The second-order valence-electron chi connectivity index (χ2n) is 6.83. The van der Waals surface area contributed by atoms with Crippen LogP contribution in [0, 0.1) is 0 Å². The lowest BCUT2D eigenvalue weighted by molar-refractivity contribution is 0.0707. The number of rotatable bonds is 4. The largest absolute Gasteiger partial charge is 0.339 e. The molecule has 1 aromatic carbocycles. The summed E-state index contributed by atoms with van der Waals surface area (Å²) in [5.74, 6) is -0.00522. The highest BCUT2D eigenvalue weighted by Gasteiger charge is 2.30. The molecule has 0 unspecified atom stereocenters. The molecule has 1 amide bonds. The van der Waals surface area contributed by atoms with Gasteiger partial charge in [-0.15, -0.1) is 12.4 Å². The molecule has 1 saturated carbocycles. The zero-order valence-electron chi connectivity index (χ0n) is 14.6. The third-order valence-corrected chi connectivity index (χ3v) is 7.64. The Morgan fingerprint density at radius 2 is 1.60 bits per heavy atom. The summed E-state index contributed by atoms with van der Waals surface area (Å²) < 4.78 is 25.2. The maximum absolute atomic E-state index is 12.6. The SMILES string of the molecule is CNC1CCN(C(=O)c2ccc(S(=O)(=O)C3CCCC3)cc2)CC1.Cl. The minimum absolute atomic E-state index is 0. The van der Waals surface area contributed by atoms with Crippen molar-refractivity contribution in [3.63, 3.8) is 0 Å². The van der Waals surface area contributed by atoms with Gasteiger partial charge in [0.05, 0.1) is 10.1 Å². The molecule has 1 aromatic rings. The number of hydrogen-bond acceptors (Lipinski definition) is 4. The van der Waals surface area contributed by atoms with Crippen molar-refractivity contribution in [2.24, 2.45) is 0 Å². The van der Waals surface area contributed by atoms with Gasteiger partial charge in [-0.1, -0.05) is 12.8 Å². The van der Waals surface area contributed by atoms with Crippen molar-refractivity contribution in [3.8, 4) is 0 Å². The monoisotopic (exact) mass is 386 g/mol. The first-order valence-corrected chi connectivity index (χ1v) is 10.4. The Hall–Kier alpha value is -1.11. The molecule has 0 aromatic heterocycles. The number of nitrogens with one attached hydrogen (secondary N) is 1. The fourth-order valence-corrected chi connectivity index (χ4v) is 5.59. The maximum Gasteiger partial charge on any atom is 0.253 e. The molecule has 140 valence electrons. The van der Waals surface area contributed by atoms with Gasteiger partial charge in [0.15, 0.2) is 9.84 Å². The number of amides is 1. The van der Waals surface area contributed by atoms with Crippen LogP contribution in [-0.2, 0) is 9.84 Å². The standard InChI is InChI=1S/C18H26N2O3S.ClH/c1-19-15-10-12-20(13-11-15)18(21)14-6-8-17(9-7-14)24(22,23)16-4-2-3-5-16;/h6-9,15-16,19H,2-5,10-13H2,1H3;1H. The first-order chi connectivity index (χ1) is 11.5. The quantitative estimate of drug-likeness (QED) is 0.863. The van der Waals surface area contributed by atoms with E-state index < -0.39 is 9.84 Å². The number of carbonyl (C=O) groups is 1. The first kappa shape index (κ1) is 20.2. The third kappa shape index (κ3) is 4.36. The normalized spacial score (nSPS) is 19.6. The Morgan fingerprint density at radius 3 is 2.12 bits per heavy atom. The van der Waals surface area contributed by atoms with E-state index in [0.29, 0.717) is 16.5 Å². The summed E-state index contributed by atoms with van der Waals surface area (Å²) in [6, 6.07) is 7.00. The number of likely N-dealkylation sites (tertiary alicyclic amines) is 1. The molecule has 7 heteroatoms. The first-order valence-electron chi connectivity index (χ1n) is 8.83. The lowest BCUT2D eigenvalue weighted by atomic mass is 10.0. The van der Waals surface area contributed by atoms with Crippen LogP contribution in [0.5, 0.6) is 0 Å². The zero-order valence-corrected chi connectivity index (χ0v) is 16.2. The molecule has 2 aliphatic rings. The number of carbonyl (C=O) groups excluding carboxylic acids is 1. The summed E-state index contributed by atoms with van der Waals surface area (Å²) in [6.45, 7) is 1.49. The van der Waals surface area contributed by atoms with Crippen LogP contribution in [0.2, 0.25) is 0 Å². The number of halogens is 1. The van der Waals surface area contributed by atoms with Gasteiger partial charge < -0.3 is 10.2 Å². The highest BCUT2D eigenvalue weighted by Crippen LogP contribution is 2.29. The van der Waals surface area contributed by atoms with E-state index >= 15 is 0 Å². The molecule has 1 N–H and O–H groups in total. The summed E-state index contributed by atoms with van der Waals surface area (Å²) in [5, 5.41) is 3.00. The van der Waals surface area contributed by atoms with E-state index in [-0.39, 0.29) is 23.6 Å². The molecule has 1 saturated heterocycles. The van der Waals surface area contributed by atoms with Crippen LogP contribution in [0.25, 0.3) is 0 Å². The molecule has 0 spiro atoms. The van der Waals surface area contributed by atoms with Crippen molar-refractivity contribution in [3.05, 3.63) is 29.8 Å². The van der Waals surface area contributed by atoms with Crippen molar-refractivity contribution in [1.82, 2.24) is 10.2 Å². The number of nitrogens with zero attached hydrogens (tertiary/aromatic N) is 1. The van der Waals surface area contributed by atoms with Crippen LogP contribution in [-0.4, -0.2) is 50.7 Å². The lowest BCUT2D eigenvalue weighted by Gasteiger charge is -2.31. The van der Waals surface area contributed by atoms with E-state index in [2.05, 4.69) is 5.32 Å². The van der Waals surface area contributed by atoms with Crippen molar-refractivity contribution >= 4 is 28.2 Å². The number of sulfone groups is 1. The van der Waals surface area contributed by atoms with E-state index in [1.54, 1.807) is 24.3 Å². The zero-order chi connectivity index (χ0) is 17.2. The maximum atomic E-state index is 12.6. The predicted molar refractivity (Wildman–Crippen MR) is 101 cm³/mol. The van der Waals surface area contributed by atoms with Crippen LogP contribution >= 0.6 is 12.4 Å². The topological polar surface area (TPSA) is 66.5 Å². The van der Waals surface area contributed by atoms with Crippen LogP contribution in [0.1, 0.15) is 48.9 Å². The van der Waals surface area contributed by atoms with Gasteiger partial charge in [-0.2, -0.15) is 0 Å². The minimum atomic E-state index is -3.25. The van der Waals surface area contributed by atoms with Gasteiger partial charge in [0.2, 0.25) is 0 Å². The molecule has 3 rings (SSSR count). The van der Waals surface area contributed by atoms with E-state index in [1.165, 1.54) is 0 Å². The molecular weight excluding hydrogens is 360 g/mol. The Balaban J connectivity index is 0.00000225. The Bertz CT molecular complexity index is 677. The number of piperidine rings is 1. The van der Waals surface area contributed by atoms with E-state index in [0.717, 1.165) is 51.6 Å². The number of hydrogen-bond donors (Lipinski definition) is 1. The van der Waals surface area contributed by atoms with Gasteiger partial charge >= 0.3 is 0 Å². The van der Waals surface area contributed by atoms with Gasteiger partial charge in [0.1, 0.15) is 0 Å². The Kier molecular flexibility index (Phi) is 6.88. The Morgan fingerprint density at radius 1 is 1.04 bits per heavy atom. The highest BCUT2D eigenvalue weighted by molar-refractivity contribution is 7.92. The van der Waals surface area contributed by atoms with Crippen LogP contribution in [0.15, 0.2) is 29.2 Å². The van der Waals surface area contributed by atoms with Crippen LogP contribution < -0.4 is 5.32 Å². The van der Waals surface area contributed by atoms with Crippen molar-refractivity contribution in [2.75, 3.05) is 20.1 Å². The molecule has 1 aliphatic heterocycles. The van der Waals surface area contributed by atoms with E-state index in [9.17, 15) is 13.2 Å². The Labute approximate surface area is 156 Å². The average molecular weight is 387 g/mol. The number of benzene rings is 1. The second-order valence-corrected chi connectivity index (χ2v) is 9.06. The second kappa shape index (κ2) is 8.52. The summed E-state index contributed by atoms with van der Waals surface area (Å²) >= 11 is 0. The van der Waals surface area contributed by atoms with Gasteiger partial charge in [-0.3, -0.25) is 4.79 Å². The summed E-state index contributed by atoms with van der Waals surface area (Å²) in [6.07, 6.45) is 5.39.